The molecule has 0 saturated carbocycles. The van der Waals surface area contributed by atoms with Crippen molar-refractivity contribution in [3.8, 4) is 5.75 Å². The zero-order chi connectivity index (χ0) is 26.1. The number of hydrogen-bond donors (Lipinski definition) is 2. The summed E-state index contributed by atoms with van der Waals surface area (Å²) in [4.78, 5) is 33.7. The number of ether oxygens (including phenoxy) is 1. The largest absolute Gasteiger partial charge is 0.507 e. The van der Waals surface area contributed by atoms with Gasteiger partial charge in [0, 0.05) is 42.4 Å². The zero-order valence-corrected chi connectivity index (χ0v) is 21.1. The van der Waals surface area contributed by atoms with E-state index in [1.807, 2.05) is 80.5 Å². The Morgan fingerprint density at radius 2 is 1.70 bits per heavy atom. The number of nitrogens with zero attached hydrogens (tertiary/aromatic N) is 2. The summed E-state index contributed by atoms with van der Waals surface area (Å²) in [6.45, 7) is 2.47. The van der Waals surface area contributed by atoms with Gasteiger partial charge < -0.3 is 19.7 Å². The minimum Gasteiger partial charge on any atom is -0.507 e. The van der Waals surface area contributed by atoms with Gasteiger partial charge in [-0.05, 0) is 42.3 Å². The Hall–Kier alpha value is -4.52. The smallest absolute Gasteiger partial charge is 0.300 e. The fourth-order valence-corrected chi connectivity index (χ4v) is 4.75. The fraction of sp³-hybridized carbons (Fsp3) is 0.200. The van der Waals surface area contributed by atoms with Crippen LogP contribution in [0.4, 0.5) is 11.4 Å². The number of carbonyl (C=O) groups is 2. The van der Waals surface area contributed by atoms with Crippen molar-refractivity contribution in [2.24, 2.45) is 0 Å². The molecule has 3 aromatic carbocycles. The third-order valence-corrected chi connectivity index (χ3v) is 6.60. The van der Waals surface area contributed by atoms with Crippen LogP contribution in [-0.2, 0) is 9.59 Å². The van der Waals surface area contributed by atoms with E-state index >= 15 is 0 Å². The number of benzene rings is 3. The zero-order valence-electron chi connectivity index (χ0n) is 21.1. The van der Waals surface area contributed by atoms with Crippen molar-refractivity contribution in [3.05, 3.63) is 95.7 Å². The van der Waals surface area contributed by atoms with Crippen molar-refractivity contribution < 1.29 is 19.4 Å². The monoisotopic (exact) mass is 495 g/mol. The Morgan fingerprint density at radius 3 is 2.43 bits per heavy atom. The van der Waals surface area contributed by atoms with Crippen LogP contribution < -0.4 is 14.5 Å². The number of nitrogens with one attached hydrogen (secondary N) is 1. The number of H-pyrrole nitrogens is 1. The van der Waals surface area contributed by atoms with Crippen LogP contribution in [0.1, 0.15) is 30.5 Å². The molecule has 1 aliphatic rings. The van der Waals surface area contributed by atoms with Crippen molar-refractivity contribution in [1.82, 2.24) is 4.98 Å². The second-order valence-corrected chi connectivity index (χ2v) is 9.22. The topological polar surface area (TPSA) is 85.9 Å². The maximum Gasteiger partial charge on any atom is 0.300 e. The molecule has 37 heavy (non-hydrogen) atoms. The number of aromatic nitrogens is 1. The predicted octanol–water partition coefficient (Wildman–Crippen LogP) is 5.65. The number of aliphatic hydroxyl groups excluding tert-OH is 1. The summed E-state index contributed by atoms with van der Waals surface area (Å²) in [5, 5.41) is 12.3. The van der Waals surface area contributed by atoms with Gasteiger partial charge in [-0.15, -0.1) is 0 Å². The first-order valence-electron chi connectivity index (χ1n) is 12.3. The number of fused-ring (bicyclic) bond motifs is 1. The summed E-state index contributed by atoms with van der Waals surface area (Å²) in [6, 6.07) is 21.5. The number of Topliss-reactive ketones (excluding diaryl/α,β-unsaturated/α-hetero) is 1. The Morgan fingerprint density at radius 1 is 1.00 bits per heavy atom. The minimum atomic E-state index is -0.837. The molecule has 5 rings (SSSR count). The normalized spacial score (nSPS) is 16.9. The molecule has 1 aromatic heterocycles. The van der Waals surface area contributed by atoms with Crippen molar-refractivity contribution in [3.63, 3.8) is 0 Å². The average Bonchev–Trinajstić information content (AvgIpc) is 3.46. The molecule has 1 aliphatic heterocycles. The number of para-hydroxylation sites is 3. The van der Waals surface area contributed by atoms with Crippen LogP contribution in [-0.4, -0.2) is 42.5 Å². The first-order valence-corrected chi connectivity index (χ1v) is 12.3. The molecule has 1 saturated heterocycles. The SMILES string of the molecule is CCCOc1ccccc1N1C(=O)C(=O)/C(=C(\O)c2c[nH]c3ccccc23)C1c1ccc(N(C)C)cc1. The first kappa shape index (κ1) is 24.2. The van der Waals surface area contributed by atoms with E-state index in [0.29, 0.717) is 29.2 Å². The lowest BCUT2D eigenvalue weighted by atomic mass is 9.94. The van der Waals surface area contributed by atoms with Crippen LogP contribution in [0.5, 0.6) is 5.75 Å². The maximum absolute atomic E-state index is 13.6. The number of anilines is 2. The van der Waals surface area contributed by atoms with Crippen molar-refractivity contribution in [2.45, 2.75) is 19.4 Å². The van der Waals surface area contributed by atoms with E-state index in [9.17, 15) is 14.7 Å². The molecule has 1 amide bonds. The molecule has 1 atom stereocenters. The molecule has 188 valence electrons. The molecule has 7 heteroatoms. The molecule has 0 spiro atoms. The van der Waals surface area contributed by atoms with E-state index in [-0.39, 0.29) is 11.3 Å². The van der Waals surface area contributed by atoms with E-state index in [0.717, 1.165) is 23.0 Å². The maximum atomic E-state index is 13.6. The van der Waals surface area contributed by atoms with Gasteiger partial charge in [-0.25, -0.2) is 0 Å². The highest BCUT2D eigenvalue weighted by Crippen LogP contribution is 2.45. The fourth-order valence-electron chi connectivity index (χ4n) is 4.75. The molecule has 4 aromatic rings. The lowest BCUT2D eigenvalue weighted by Gasteiger charge is -2.27. The number of aliphatic hydroxyl groups is 1. The Kier molecular flexibility index (Phi) is 6.44. The standard InChI is InChI=1S/C30H29N3O4/c1-4-17-37-25-12-8-7-11-24(25)33-27(19-13-15-20(16-14-19)32(2)3)26(29(35)30(33)36)28(34)22-18-31-23-10-6-5-9-21(22)23/h5-16,18,27,31,34H,4,17H2,1-3H3/b28-26-. The minimum absolute atomic E-state index is 0.0395. The lowest BCUT2D eigenvalue weighted by Crippen LogP contribution is -2.30. The van der Waals surface area contributed by atoms with Crippen LogP contribution in [0.2, 0.25) is 0 Å². The summed E-state index contributed by atoms with van der Waals surface area (Å²) in [5.41, 5.74) is 3.50. The van der Waals surface area contributed by atoms with Crippen LogP contribution >= 0.6 is 0 Å². The lowest BCUT2D eigenvalue weighted by molar-refractivity contribution is -0.132. The van der Waals surface area contributed by atoms with E-state index in [4.69, 9.17) is 4.74 Å². The van der Waals surface area contributed by atoms with Crippen LogP contribution in [0.3, 0.4) is 0 Å². The number of rotatable bonds is 7. The van der Waals surface area contributed by atoms with Gasteiger partial charge in [-0.3, -0.25) is 14.5 Å². The molecular formula is C30H29N3O4. The molecule has 0 radical (unpaired) electrons. The molecule has 1 unspecified atom stereocenters. The predicted molar refractivity (Wildman–Crippen MR) is 146 cm³/mol. The summed E-state index contributed by atoms with van der Waals surface area (Å²) in [6.07, 6.45) is 2.46. The van der Waals surface area contributed by atoms with Crippen molar-refractivity contribution in [1.29, 1.82) is 0 Å². The molecular weight excluding hydrogens is 466 g/mol. The van der Waals surface area contributed by atoms with E-state index < -0.39 is 17.7 Å². The second kappa shape index (κ2) is 9.85. The van der Waals surface area contributed by atoms with Crippen molar-refractivity contribution in [2.75, 3.05) is 30.5 Å². The summed E-state index contributed by atoms with van der Waals surface area (Å²) in [5.74, 6) is -1.16. The molecule has 2 N–H and O–H groups in total. The van der Waals surface area contributed by atoms with Crippen molar-refractivity contribution >= 4 is 39.7 Å². The van der Waals surface area contributed by atoms with Gasteiger partial charge in [0.25, 0.3) is 11.7 Å². The van der Waals surface area contributed by atoms with Crippen LogP contribution in [0.25, 0.3) is 16.7 Å². The summed E-state index contributed by atoms with van der Waals surface area (Å²) < 4.78 is 5.95. The molecule has 2 heterocycles. The summed E-state index contributed by atoms with van der Waals surface area (Å²) in [7, 11) is 3.89. The Labute approximate surface area is 215 Å². The van der Waals surface area contributed by atoms with E-state index in [1.165, 1.54) is 4.90 Å². The highest BCUT2D eigenvalue weighted by molar-refractivity contribution is 6.52. The highest BCUT2D eigenvalue weighted by Gasteiger charge is 2.48. The number of hydrogen-bond acceptors (Lipinski definition) is 5. The number of aromatic amines is 1. The number of carbonyl (C=O) groups excluding carboxylic acids is 2. The quantitative estimate of drug-likeness (QED) is 0.197. The van der Waals surface area contributed by atoms with Crippen LogP contribution in [0, 0.1) is 0 Å². The average molecular weight is 496 g/mol. The first-order chi connectivity index (χ1) is 17.9. The van der Waals surface area contributed by atoms with Gasteiger partial charge >= 0.3 is 0 Å². The number of amides is 1. The van der Waals surface area contributed by atoms with E-state index in [2.05, 4.69) is 4.98 Å². The third kappa shape index (κ3) is 4.22. The Balaban J connectivity index is 1.73. The summed E-state index contributed by atoms with van der Waals surface area (Å²) >= 11 is 0. The van der Waals surface area contributed by atoms with Gasteiger partial charge in [-0.2, -0.15) is 0 Å². The van der Waals surface area contributed by atoms with Gasteiger partial charge in [-0.1, -0.05) is 49.4 Å². The second-order valence-electron chi connectivity index (χ2n) is 9.22. The molecule has 0 bridgehead atoms. The molecule has 1 fully saturated rings. The number of ketones is 1. The van der Waals surface area contributed by atoms with Gasteiger partial charge in [0.1, 0.15) is 11.5 Å². The molecule has 0 aliphatic carbocycles. The van der Waals surface area contributed by atoms with Gasteiger partial charge in [0.2, 0.25) is 0 Å². The molecule has 7 nitrogen and oxygen atoms in total. The van der Waals surface area contributed by atoms with E-state index in [1.54, 1.807) is 24.4 Å². The van der Waals surface area contributed by atoms with Crippen LogP contribution in [0.15, 0.2) is 84.6 Å². The van der Waals surface area contributed by atoms with Gasteiger partial charge in [0.15, 0.2) is 0 Å². The van der Waals surface area contributed by atoms with Gasteiger partial charge in [0.05, 0.1) is 23.9 Å². The third-order valence-electron chi connectivity index (χ3n) is 6.60. The highest BCUT2D eigenvalue weighted by atomic mass is 16.5. The Bertz CT molecular complexity index is 1500.